The number of amides is 2. The molecule has 0 spiro atoms. The van der Waals surface area contributed by atoms with E-state index in [1.807, 2.05) is 30.6 Å². The van der Waals surface area contributed by atoms with Crippen molar-refractivity contribution in [1.29, 1.82) is 0 Å². The number of likely N-dealkylation sites (tertiary alicyclic amines) is 2. The van der Waals surface area contributed by atoms with Crippen LogP contribution in [0, 0.1) is 5.41 Å². The number of carbonyl (C=O) groups is 2. The molecule has 5 heteroatoms. The average Bonchev–Trinajstić information content (AvgIpc) is 2.78. The second-order valence-electron chi connectivity index (χ2n) is 7.31. The molecule has 21 heavy (non-hydrogen) atoms. The summed E-state index contributed by atoms with van der Waals surface area (Å²) in [6.45, 7) is 8.63. The van der Waals surface area contributed by atoms with Crippen molar-refractivity contribution in [2.45, 2.75) is 58.5 Å². The van der Waals surface area contributed by atoms with Gasteiger partial charge < -0.3 is 14.9 Å². The Morgan fingerprint density at radius 3 is 2.57 bits per heavy atom. The molecule has 0 unspecified atom stereocenters. The van der Waals surface area contributed by atoms with Crippen LogP contribution in [0.2, 0.25) is 0 Å². The van der Waals surface area contributed by atoms with Crippen molar-refractivity contribution in [1.82, 2.24) is 9.80 Å². The number of piperidine rings is 1. The molecule has 0 aromatic rings. The molecule has 0 aliphatic carbocycles. The number of hydrogen-bond donors (Lipinski definition) is 1. The van der Waals surface area contributed by atoms with Gasteiger partial charge in [-0.1, -0.05) is 13.8 Å². The number of carbonyl (C=O) groups excluding carboxylic acids is 2. The SMILES string of the molecule is CC1(C)CN(C(=O)CCCN2CCCC2=O)CC[C@]1(C)O. The van der Waals surface area contributed by atoms with E-state index in [1.54, 1.807) is 0 Å². The van der Waals surface area contributed by atoms with E-state index in [1.165, 1.54) is 0 Å². The normalized spacial score (nSPS) is 29.0. The van der Waals surface area contributed by atoms with Gasteiger partial charge in [0.1, 0.15) is 0 Å². The van der Waals surface area contributed by atoms with Gasteiger partial charge in [0.25, 0.3) is 0 Å². The van der Waals surface area contributed by atoms with Gasteiger partial charge in [0.05, 0.1) is 5.60 Å². The summed E-state index contributed by atoms with van der Waals surface area (Å²) >= 11 is 0. The van der Waals surface area contributed by atoms with Gasteiger partial charge in [0, 0.05) is 44.4 Å². The van der Waals surface area contributed by atoms with Gasteiger partial charge in [-0.05, 0) is 26.2 Å². The fourth-order valence-electron chi connectivity index (χ4n) is 3.15. The average molecular weight is 296 g/mol. The Morgan fingerprint density at radius 1 is 1.29 bits per heavy atom. The van der Waals surface area contributed by atoms with Crippen LogP contribution in [-0.4, -0.2) is 58.5 Å². The Hall–Kier alpha value is -1.10. The first-order chi connectivity index (χ1) is 9.73. The predicted molar refractivity (Wildman–Crippen MR) is 80.6 cm³/mol. The summed E-state index contributed by atoms with van der Waals surface area (Å²) in [5.41, 5.74) is -1.00. The first-order valence-corrected chi connectivity index (χ1v) is 8.01. The topological polar surface area (TPSA) is 60.9 Å². The van der Waals surface area contributed by atoms with E-state index in [4.69, 9.17) is 0 Å². The Labute approximate surface area is 127 Å². The first-order valence-electron chi connectivity index (χ1n) is 8.01. The monoisotopic (exact) mass is 296 g/mol. The molecule has 2 heterocycles. The summed E-state index contributed by atoms with van der Waals surface area (Å²) in [5.74, 6) is 0.364. The van der Waals surface area contributed by atoms with Gasteiger partial charge in [-0.25, -0.2) is 0 Å². The fourth-order valence-corrected chi connectivity index (χ4v) is 3.15. The predicted octanol–water partition coefficient (Wildman–Crippen LogP) is 1.40. The third-order valence-corrected chi connectivity index (χ3v) is 5.26. The Balaban J connectivity index is 1.78. The molecule has 120 valence electrons. The first kappa shape index (κ1) is 16.3. The highest BCUT2D eigenvalue weighted by atomic mass is 16.3. The molecule has 0 aromatic heterocycles. The van der Waals surface area contributed by atoms with E-state index in [0.717, 1.165) is 19.4 Å². The van der Waals surface area contributed by atoms with Crippen LogP contribution in [0.1, 0.15) is 52.9 Å². The second kappa shape index (κ2) is 5.95. The molecule has 1 atom stereocenters. The third kappa shape index (κ3) is 3.57. The van der Waals surface area contributed by atoms with E-state index in [-0.39, 0.29) is 17.2 Å². The van der Waals surface area contributed by atoms with Gasteiger partial charge in [-0.2, -0.15) is 0 Å². The summed E-state index contributed by atoms with van der Waals surface area (Å²) in [4.78, 5) is 27.5. The zero-order valence-electron chi connectivity index (χ0n) is 13.5. The molecule has 2 aliphatic heterocycles. The number of aliphatic hydroxyl groups is 1. The minimum atomic E-state index is -0.717. The van der Waals surface area contributed by atoms with E-state index >= 15 is 0 Å². The largest absolute Gasteiger partial charge is 0.389 e. The molecule has 5 nitrogen and oxygen atoms in total. The second-order valence-corrected chi connectivity index (χ2v) is 7.31. The summed E-state index contributed by atoms with van der Waals surface area (Å²) in [7, 11) is 0. The summed E-state index contributed by atoms with van der Waals surface area (Å²) in [6.07, 6.45) is 3.45. The summed E-state index contributed by atoms with van der Waals surface area (Å²) < 4.78 is 0. The molecule has 0 radical (unpaired) electrons. The van der Waals surface area contributed by atoms with Gasteiger partial charge >= 0.3 is 0 Å². The van der Waals surface area contributed by atoms with Crippen LogP contribution in [-0.2, 0) is 9.59 Å². The molecular formula is C16H28N2O3. The standard InChI is InChI=1S/C16H28N2O3/c1-15(2)12-18(11-8-16(15,3)21)14(20)7-5-10-17-9-4-6-13(17)19/h21H,4-12H2,1-3H3/t16-/m0/s1. The van der Waals surface area contributed by atoms with Crippen LogP contribution in [0.5, 0.6) is 0 Å². The van der Waals surface area contributed by atoms with Crippen LogP contribution in [0.4, 0.5) is 0 Å². The van der Waals surface area contributed by atoms with Gasteiger partial charge in [-0.3, -0.25) is 9.59 Å². The molecule has 2 fully saturated rings. The minimum absolute atomic E-state index is 0.144. The lowest BCUT2D eigenvalue weighted by atomic mass is 9.71. The van der Waals surface area contributed by atoms with Crippen LogP contribution >= 0.6 is 0 Å². The molecule has 2 amide bonds. The van der Waals surface area contributed by atoms with Crippen molar-refractivity contribution in [3.63, 3.8) is 0 Å². The van der Waals surface area contributed by atoms with E-state index in [9.17, 15) is 14.7 Å². The highest BCUT2D eigenvalue weighted by Gasteiger charge is 2.44. The molecule has 2 aliphatic rings. The maximum atomic E-state index is 12.3. The summed E-state index contributed by atoms with van der Waals surface area (Å²) in [5, 5.41) is 10.4. The van der Waals surface area contributed by atoms with Crippen molar-refractivity contribution in [2.75, 3.05) is 26.2 Å². The number of nitrogens with zero attached hydrogens (tertiary/aromatic N) is 2. The maximum absolute atomic E-state index is 12.3. The van der Waals surface area contributed by atoms with Crippen LogP contribution in [0.15, 0.2) is 0 Å². The maximum Gasteiger partial charge on any atom is 0.222 e. The summed E-state index contributed by atoms with van der Waals surface area (Å²) in [6, 6.07) is 0. The van der Waals surface area contributed by atoms with Crippen LogP contribution in [0.25, 0.3) is 0 Å². The van der Waals surface area contributed by atoms with E-state index < -0.39 is 5.60 Å². The zero-order chi connectivity index (χ0) is 15.7. The van der Waals surface area contributed by atoms with Crippen molar-refractivity contribution >= 4 is 11.8 Å². The van der Waals surface area contributed by atoms with Gasteiger partial charge in [-0.15, -0.1) is 0 Å². The minimum Gasteiger partial charge on any atom is -0.389 e. The number of rotatable bonds is 4. The zero-order valence-corrected chi connectivity index (χ0v) is 13.5. The lowest BCUT2D eigenvalue weighted by molar-refractivity contribution is -0.147. The van der Waals surface area contributed by atoms with Crippen molar-refractivity contribution < 1.29 is 14.7 Å². The quantitative estimate of drug-likeness (QED) is 0.853. The molecule has 2 saturated heterocycles. The highest BCUT2D eigenvalue weighted by molar-refractivity contribution is 5.78. The van der Waals surface area contributed by atoms with Crippen molar-refractivity contribution in [3.05, 3.63) is 0 Å². The lowest BCUT2D eigenvalue weighted by Crippen LogP contribution is -2.57. The molecule has 0 bridgehead atoms. The smallest absolute Gasteiger partial charge is 0.222 e. The Bertz CT molecular complexity index is 418. The molecular weight excluding hydrogens is 268 g/mol. The Morgan fingerprint density at radius 2 is 2.00 bits per heavy atom. The van der Waals surface area contributed by atoms with Crippen molar-refractivity contribution in [3.8, 4) is 0 Å². The van der Waals surface area contributed by atoms with E-state index in [0.29, 0.717) is 38.9 Å². The molecule has 0 saturated carbocycles. The number of hydrogen-bond acceptors (Lipinski definition) is 3. The van der Waals surface area contributed by atoms with Crippen LogP contribution in [0.3, 0.4) is 0 Å². The molecule has 0 aromatic carbocycles. The van der Waals surface area contributed by atoms with Gasteiger partial charge in [0.15, 0.2) is 0 Å². The lowest BCUT2D eigenvalue weighted by Gasteiger charge is -2.48. The molecule has 2 rings (SSSR count). The van der Waals surface area contributed by atoms with E-state index in [2.05, 4.69) is 0 Å². The highest BCUT2D eigenvalue weighted by Crippen LogP contribution is 2.38. The van der Waals surface area contributed by atoms with Crippen molar-refractivity contribution in [2.24, 2.45) is 5.41 Å². The molecule has 1 N–H and O–H groups in total. The van der Waals surface area contributed by atoms with Gasteiger partial charge in [0.2, 0.25) is 11.8 Å². The fraction of sp³-hybridized carbons (Fsp3) is 0.875. The van der Waals surface area contributed by atoms with Crippen LogP contribution < -0.4 is 0 Å². The third-order valence-electron chi connectivity index (χ3n) is 5.26. The Kier molecular flexibility index (Phi) is 4.61.